The molecule has 2 heteroatoms. The molecule has 0 unspecified atom stereocenters. The van der Waals surface area contributed by atoms with Crippen LogP contribution < -0.4 is 0 Å². The molecule has 0 saturated heterocycles. The summed E-state index contributed by atoms with van der Waals surface area (Å²) in [6.07, 6.45) is 1.98. The molecule has 1 aliphatic rings. The Morgan fingerprint density at radius 3 is 2.75 bits per heavy atom. The summed E-state index contributed by atoms with van der Waals surface area (Å²) in [7, 11) is 0. The number of hydrogen-bond donors (Lipinski definition) is 1. The normalized spacial score (nSPS) is 22.5. The molecule has 0 radical (unpaired) electrons. The Kier molecular flexibility index (Phi) is 2.99. The Bertz CT molecular complexity index is 421. The summed E-state index contributed by atoms with van der Waals surface area (Å²) in [6.45, 7) is 6.60. The van der Waals surface area contributed by atoms with E-state index in [1.807, 2.05) is 0 Å². The fourth-order valence-corrected chi connectivity index (χ4v) is 2.62. The highest BCUT2D eigenvalue weighted by atomic mass is 16.4. The standard InChI is InChI=1S/C14H19NO/c1-9(2)11-6-7-14(15-16)13-8-10(3)4-5-12(11)13/h4-5,8-9,11,16H,6-7H2,1-3H3/b15-14-/t11-/m1/s1. The van der Waals surface area contributed by atoms with Gasteiger partial charge in [0.05, 0.1) is 5.71 Å². The summed E-state index contributed by atoms with van der Waals surface area (Å²) in [5.74, 6) is 1.24. The molecule has 1 aromatic rings. The first kappa shape index (κ1) is 11.2. The van der Waals surface area contributed by atoms with Crippen LogP contribution in [0.1, 0.15) is 49.3 Å². The van der Waals surface area contributed by atoms with Crippen molar-refractivity contribution in [1.29, 1.82) is 0 Å². The van der Waals surface area contributed by atoms with Gasteiger partial charge in [0.1, 0.15) is 0 Å². The van der Waals surface area contributed by atoms with E-state index in [4.69, 9.17) is 5.21 Å². The SMILES string of the molecule is Cc1ccc2c(c1)/C(=N\O)CC[C@@H]2C(C)C. The largest absolute Gasteiger partial charge is 0.411 e. The van der Waals surface area contributed by atoms with Crippen LogP contribution in [0, 0.1) is 12.8 Å². The molecule has 0 saturated carbocycles. The average Bonchev–Trinajstić information content (AvgIpc) is 2.27. The van der Waals surface area contributed by atoms with E-state index in [-0.39, 0.29) is 0 Å². The van der Waals surface area contributed by atoms with E-state index in [9.17, 15) is 0 Å². The predicted molar refractivity (Wildman–Crippen MR) is 66.3 cm³/mol. The molecule has 2 nitrogen and oxygen atoms in total. The molecule has 16 heavy (non-hydrogen) atoms. The molecule has 0 amide bonds. The van der Waals surface area contributed by atoms with Crippen LogP contribution in [0.25, 0.3) is 0 Å². The molecule has 1 N–H and O–H groups in total. The minimum absolute atomic E-state index is 0.598. The van der Waals surface area contributed by atoms with Crippen molar-refractivity contribution in [2.24, 2.45) is 11.1 Å². The number of aryl methyl sites for hydroxylation is 1. The number of fused-ring (bicyclic) bond motifs is 1. The summed E-state index contributed by atoms with van der Waals surface area (Å²) in [5, 5.41) is 12.5. The topological polar surface area (TPSA) is 32.6 Å². The molecular formula is C14H19NO. The monoisotopic (exact) mass is 217 g/mol. The molecule has 86 valence electrons. The third-order valence-electron chi connectivity index (χ3n) is 3.54. The summed E-state index contributed by atoms with van der Waals surface area (Å²) in [5.41, 5.74) is 4.56. The molecule has 1 aliphatic carbocycles. The van der Waals surface area contributed by atoms with Crippen LogP contribution >= 0.6 is 0 Å². The van der Waals surface area contributed by atoms with Crippen LogP contribution in [0.3, 0.4) is 0 Å². The lowest BCUT2D eigenvalue weighted by Crippen LogP contribution is -2.20. The maximum Gasteiger partial charge on any atom is 0.0870 e. The van der Waals surface area contributed by atoms with Crippen molar-refractivity contribution in [1.82, 2.24) is 0 Å². The van der Waals surface area contributed by atoms with Gasteiger partial charge in [-0.3, -0.25) is 0 Å². The summed E-state index contributed by atoms with van der Waals surface area (Å²) in [6, 6.07) is 6.48. The maximum atomic E-state index is 9.04. The van der Waals surface area contributed by atoms with Gasteiger partial charge in [0.2, 0.25) is 0 Å². The number of rotatable bonds is 1. The third-order valence-corrected chi connectivity index (χ3v) is 3.54. The Morgan fingerprint density at radius 1 is 1.38 bits per heavy atom. The molecule has 0 aliphatic heterocycles. The van der Waals surface area contributed by atoms with Gasteiger partial charge in [-0.2, -0.15) is 0 Å². The van der Waals surface area contributed by atoms with Crippen molar-refractivity contribution in [2.75, 3.05) is 0 Å². The molecular weight excluding hydrogens is 198 g/mol. The van der Waals surface area contributed by atoms with Crippen molar-refractivity contribution in [3.8, 4) is 0 Å². The first-order valence-electron chi connectivity index (χ1n) is 5.95. The third kappa shape index (κ3) is 1.84. The Hall–Kier alpha value is -1.31. The second kappa shape index (κ2) is 4.28. The molecule has 2 rings (SSSR count). The Labute approximate surface area is 97.0 Å². The zero-order chi connectivity index (χ0) is 11.7. The lowest BCUT2D eigenvalue weighted by atomic mass is 9.76. The zero-order valence-electron chi connectivity index (χ0n) is 10.2. The minimum Gasteiger partial charge on any atom is -0.411 e. The van der Waals surface area contributed by atoms with Crippen LogP contribution in [-0.4, -0.2) is 10.9 Å². The van der Waals surface area contributed by atoms with Crippen molar-refractivity contribution in [2.45, 2.75) is 39.5 Å². The van der Waals surface area contributed by atoms with Crippen LogP contribution in [0.4, 0.5) is 0 Å². The second-order valence-corrected chi connectivity index (χ2v) is 5.03. The molecule has 1 aromatic carbocycles. The van der Waals surface area contributed by atoms with Crippen molar-refractivity contribution >= 4 is 5.71 Å². The predicted octanol–water partition coefficient (Wildman–Crippen LogP) is 3.71. The van der Waals surface area contributed by atoms with Gasteiger partial charge in [-0.25, -0.2) is 0 Å². The Balaban J connectivity index is 2.53. The highest BCUT2D eigenvalue weighted by molar-refractivity contribution is 6.02. The van der Waals surface area contributed by atoms with E-state index in [1.54, 1.807) is 0 Å². The average molecular weight is 217 g/mol. The van der Waals surface area contributed by atoms with Gasteiger partial charge in [-0.15, -0.1) is 0 Å². The van der Waals surface area contributed by atoms with Gasteiger partial charge in [0, 0.05) is 5.56 Å². The highest BCUT2D eigenvalue weighted by Gasteiger charge is 2.26. The molecule has 0 spiro atoms. The maximum absolute atomic E-state index is 9.04. The van der Waals surface area contributed by atoms with E-state index >= 15 is 0 Å². The van der Waals surface area contributed by atoms with Crippen molar-refractivity contribution < 1.29 is 5.21 Å². The smallest absolute Gasteiger partial charge is 0.0870 e. The van der Waals surface area contributed by atoms with Gasteiger partial charge in [0.15, 0.2) is 0 Å². The fraction of sp³-hybridized carbons (Fsp3) is 0.500. The number of nitrogens with zero attached hydrogens (tertiary/aromatic N) is 1. The quantitative estimate of drug-likeness (QED) is 0.564. The lowest BCUT2D eigenvalue weighted by molar-refractivity contribution is 0.316. The van der Waals surface area contributed by atoms with Crippen LogP contribution in [0.15, 0.2) is 23.4 Å². The van der Waals surface area contributed by atoms with Gasteiger partial charge in [0.25, 0.3) is 0 Å². The van der Waals surface area contributed by atoms with Crippen molar-refractivity contribution in [3.63, 3.8) is 0 Å². The van der Waals surface area contributed by atoms with Crippen molar-refractivity contribution in [3.05, 3.63) is 34.9 Å². The number of benzene rings is 1. The van der Waals surface area contributed by atoms with Crippen LogP contribution in [0.2, 0.25) is 0 Å². The fourth-order valence-electron chi connectivity index (χ4n) is 2.62. The molecule has 0 aromatic heterocycles. The molecule has 1 atom stereocenters. The molecule has 0 fully saturated rings. The van der Waals surface area contributed by atoms with Crippen LogP contribution in [0.5, 0.6) is 0 Å². The summed E-state index contributed by atoms with van der Waals surface area (Å²) >= 11 is 0. The number of oxime groups is 1. The Morgan fingerprint density at radius 2 is 2.12 bits per heavy atom. The van der Waals surface area contributed by atoms with E-state index in [0.29, 0.717) is 11.8 Å². The summed E-state index contributed by atoms with van der Waals surface area (Å²) in [4.78, 5) is 0. The summed E-state index contributed by atoms with van der Waals surface area (Å²) < 4.78 is 0. The van der Waals surface area contributed by atoms with E-state index in [2.05, 4.69) is 44.1 Å². The van der Waals surface area contributed by atoms with Gasteiger partial charge < -0.3 is 5.21 Å². The molecule has 0 bridgehead atoms. The first-order valence-corrected chi connectivity index (χ1v) is 5.95. The molecule has 0 heterocycles. The number of hydrogen-bond acceptors (Lipinski definition) is 2. The van der Waals surface area contributed by atoms with Gasteiger partial charge in [-0.05, 0) is 43.2 Å². The first-order chi connectivity index (χ1) is 7.63. The van der Waals surface area contributed by atoms with E-state index in [1.165, 1.54) is 11.1 Å². The minimum atomic E-state index is 0.598. The van der Waals surface area contributed by atoms with Gasteiger partial charge in [-0.1, -0.05) is 36.7 Å². The van der Waals surface area contributed by atoms with E-state index < -0.39 is 0 Å². The second-order valence-electron chi connectivity index (χ2n) is 5.03. The highest BCUT2D eigenvalue weighted by Crippen LogP contribution is 2.37. The van der Waals surface area contributed by atoms with E-state index in [0.717, 1.165) is 24.1 Å². The van der Waals surface area contributed by atoms with Crippen LogP contribution in [-0.2, 0) is 0 Å². The lowest BCUT2D eigenvalue weighted by Gasteiger charge is -2.29. The van der Waals surface area contributed by atoms with Gasteiger partial charge >= 0.3 is 0 Å². The zero-order valence-corrected chi connectivity index (χ0v) is 10.2.